The Labute approximate surface area is 300 Å². The van der Waals surface area contributed by atoms with E-state index in [2.05, 4.69) is 0 Å². The number of hydrogen-bond donors (Lipinski definition) is 0. The van der Waals surface area contributed by atoms with Crippen LogP contribution in [0.5, 0.6) is 0 Å². The lowest BCUT2D eigenvalue weighted by atomic mass is 9.84. The molecule has 0 aliphatic heterocycles. The summed E-state index contributed by atoms with van der Waals surface area (Å²) in [5.74, 6) is 0. The number of furan rings is 1. The zero-order valence-corrected chi connectivity index (χ0v) is 24.0. The van der Waals surface area contributed by atoms with Crippen LogP contribution in [0.15, 0.2) is 174 Å². The molecule has 0 amide bonds. The fraction of sp³-hybridized carbons (Fsp3) is 0. The van der Waals surface area contributed by atoms with Gasteiger partial charge in [-0.05, 0) is 107 Å². The van der Waals surface area contributed by atoms with Crippen molar-refractivity contribution >= 4 is 65.0 Å². The van der Waals surface area contributed by atoms with Crippen molar-refractivity contribution < 1.29 is 31.8 Å². The highest BCUT2D eigenvalue weighted by atomic mass is 16.3. The Bertz CT molecular complexity index is 3930. The summed E-state index contributed by atoms with van der Waals surface area (Å²) >= 11 is 0. The third kappa shape index (κ3) is 4.03. The first kappa shape index (κ1) is 13.3. The topological polar surface area (TPSA) is 13.1 Å². The van der Waals surface area contributed by atoms with Crippen LogP contribution < -0.4 is 0 Å². The average molecular weight is 617 g/mol. The van der Waals surface area contributed by atoms with Crippen LogP contribution in [0.1, 0.15) is 27.4 Å². The van der Waals surface area contributed by atoms with Gasteiger partial charge >= 0.3 is 0 Å². The molecule has 10 rings (SSSR count). The third-order valence-corrected chi connectivity index (χ3v) is 8.25. The number of hydrogen-bond acceptors (Lipinski definition) is 1. The van der Waals surface area contributed by atoms with Crippen LogP contribution in [-0.4, -0.2) is 0 Å². The van der Waals surface area contributed by atoms with Crippen LogP contribution in [0.4, 0.5) is 0 Å². The predicted octanol–water partition coefficient (Wildman–Crippen LogP) is 13.2. The van der Waals surface area contributed by atoms with Crippen molar-refractivity contribution in [1.82, 2.24) is 0 Å². The Morgan fingerprint density at radius 2 is 0.957 bits per heavy atom. The van der Waals surface area contributed by atoms with Crippen LogP contribution in [0, 0.1) is 0 Å². The minimum absolute atomic E-state index is 0.0382. The molecule has 1 heterocycles. The van der Waals surface area contributed by atoms with E-state index >= 15 is 0 Å². The number of benzene rings is 9. The molecule has 9 aromatic carbocycles. The van der Waals surface area contributed by atoms with Crippen molar-refractivity contribution in [3.8, 4) is 33.4 Å². The van der Waals surface area contributed by atoms with E-state index in [-0.39, 0.29) is 55.0 Å². The molecule has 0 aliphatic carbocycles. The maximum Gasteiger partial charge on any atom is 0.136 e. The summed E-state index contributed by atoms with van der Waals surface area (Å²) in [4.78, 5) is 0. The molecule has 218 valence electrons. The normalized spacial score (nSPS) is 17.8. The smallest absolute Gasteiger partial charge is 0.136 e. The summed E-state index contributed by atoms with van der Waals surface area (Å²) < 4.78 is 184. The lowest BCUT2D eigenvalue weighted by molar-refractivity contribution is 0.669. The van der Waals surface area contributed by atoms with Gasteiger partial charge in [0.2, 0.25) is 0 Å². The highest BCUT2D eigenvalue weighted by Gasteiger charge is 2.20. The van der Waals surface area contributed by atoms with E-state index in [4.69, 9.17) is 25.0 Å². The van der Waals surface area contributed by atoms with Gasteiger partial charge in [0.05, 0.1) is 27.4 Å². The first-order valence-corrected chi connectivity index (χ1v) is 14.6. The Morgan fingerprint density at radius 1 is 0.383 bits per heavy atom. The first-order chi connectivity index (χ1) is 31.7. The molecule has 0 saturated heterocycles. The second-order valence-corrected chi connectivity index (χ2v) is 10.9. The van der Waals surface area contributed by atoms with Crippen molar-refractivity contribution in [3.05, 3.63) is 169 Å². The average Bonchev–Trinajstić information content (AvgIpc) is 3.72. The fourth-order valence-corrected chi connectivity index (χ4v) is 6.27. The zero-order valence-electron chi connectivity index (χ0n) is 44.0. The molecule has 0 saturated carbocycles. The van der Waals surface area contributed by atoms with Crippen LogP contribution in [0.2, 0.25) is 0 Å². The van der Waals surface area contributed by atoms with Gasteiger partial charge in [-0.25, -0.2) is 0 Å². The molecule has 0 N–H and O–H groups in total. The molecule has 0 aliphatic rings. The SMILES string of the molecule is [2H]c1c([2H])c(-c2c([2H])c([2H])c3c([2H])c([2H])c([2H])c([2H])c3c2[2H])c([2H])c(-c2c3ccccc3c(-c3c([2H])c([2H])c([2H])c4oc5c([2H])c6c([2H])c([2H])c([2H])c([2H])c6c([2H])c5c34)c3ccccc23)c1[2H]. The molecule has 10 aromatic rings. The minimum Gasteiger partial charge on any atom is -0.456 e. The Kier molecular flexibility index (Phi) is 2.87. The molecular weight excluding hydrogens is 569 g/mol. The van der Waals surface area contributed by atoms with Gasteiger partial charge < -0.3 is 4.42 Å². The van der Waals surface area contributed by atoms with E-state index in [1.165, 1.54) is 0 Å². The van der Waals surface area contributed by atoms with E-state index in [0.29, 0.717) is 21.5 Å². The molecule has 0 spiro atoms. The van der Waals surface area contributed by atoms with E-state index in [9.17, 15) is 6.85 Å². The summed E-state index contributed by atoms with van der Waals surface area (Å²) in [5.41, 5.74) is -1.51. The van der Waals surface area contributed by atoms with Gasteiger partial charge in [0, 0.05) is 10.8 Å². The van der Waals surface area contributed by atoms with E-state index < -0.39 is 143 Å². The van der Waals surface area contributed by atoms with Crippen LogP contribution in [0.25, 0.3) is 98.4 Å². The third-order valence-electron chi connectivity index (χ3n) is 8.25. The number of fused-ring (bicyclic) bond motifs is 7. The summed E-state index contributed by atoms with van der Waals surface area (Å²) in [6.07, 6.45) is 0. The second-order valence-electron chi connectivity index (χ2n) is 10.9. The maximum absolute atomic E-state index is 9.76. The summed E-state index contributed by atoms with van der Waals surface area (Å²) in [5, 5.41) is -0.403. The molecule has 1 heteroatoms. The van der Waals surface area contributed by atoms with Crippen molar-refractivity contribution in [1.29, 1.82) is 0 Å². The van der Waals surface area contributed by atoms with Gasteiger partial charge in [-0.2, -0.15) is 0 Å². The highest BCUT2D eigenvalue weighted by molar-refractivity contribution is 6.26. The zero-order chi connectivity index (χ0) is 48.3. The molecule has 1 nitrogen and oxygen atoms in total. The highest BCUT2D eigenvalue weighted by Crippen LogP contribution is 2.47. The van der Waals surface area contributed by atoms with Crippen molar-refractivity contribution in [2.45, 2.75) is 0 Å². The van der Waals surface area contributed by atoms with Gasteiger partial charge in [0.1, 0.15) is 11.2 Å². The molecular formula is C46H28O. The first-order valence-electron chi connectivity index (χ1n) is 24.6. The van der Waals surface area contributed by atoms with Crippen LogP contribution >= 0.6 is 0 Å². The summed E-state index contributed by atoms with van der Waals surface area (Å²) in [6, 6.07) is 0.596. The van der Waals surface area contributed by atoms with Gasteiger partial charge in [0.15, 0.2) is 0 Å². The van der Waals surface area contributed by atoms with Gasteiger partial charge in [-0.1, -0.05) is 139 Å². The summed E-state index contributed by atoms with van der Waals surface area (Å²) in [7, 11) is 0. The second kappa shape index (κ2) is 10.2. The quantitative estimate of drug-likeness (QED) is 0.180. The molecule has 1 aromatic heterocycles. The Morgan fingerprint density at radius 3 is 1.68 bits per heavy atom. The lowest BCUT2D eigenvalue weighted by Crippen LogP contribution is -1.91. The largest absolute Gasteiger partial charge is 0.456 e. The van der Waals surface area contributed by atoms with E-state index in [1.807, 2.05) is 0 Å². The van der Waals surface area contributed by atoms with Crippen molar-refractivity contribution in [3.63, 3.8) is 0 Å². The molecule has 47 heavy (non-hydrogen) atoms. The fourth-order valence-electron chi connectivity index (χ4n) is 6.27. The monoisotopic (exact) mass is 616 g/mol. The van der Waals surface area contributed by atoms with Crippen molar-refractivity contribution in [2.24, 2.45) is 0 Å². The lowest BCUT2D eigenvalue weighted by Gasteiger charge is -2.18. The molecule has 0 bridgehead atoms. The Balaban J connectivity index is 1.38. The molecule has 0 unspecified atom stereocenters. The van der Waals surface area contributed by atoms with Gasteiger partial charge in [0.25, 0.3) is 0 Å². The standard InChI is InChI=1S/C46H28O/c1-2-12-30-25-34(24-23-29(30)11-1)31-15-9-16-35(26-31)44-36-17-5-7-19-38(36)45(39-20-8-6-18-37(39)44)40-21-10-22-42-46(40)41-27-32-13-3-4-14-33(32)28-43(41)47-42/h1-28H/i1D,2D,3D,4D,9D,10D,11D,12D,13D,14D,15D,16D,21D,22D,23D,24D,25D,26D,27D,28D. The van der Waals surface area contributed by atoms with E-state index in [1.54, 1.807) is 48.5 Å². The molecule has 0 radical (unpaired) electrons. The summed E-state index contributed by atoms with van der Waals surface area (Å²) in [6.45, 7) is 0. The van der Waals surface area contributed by atoms with Gasteiger partial charge in [-0.3, -0.25) is 0 Å². The van der Waals surface area contributed by atoms with Crippen molar-refractivity contribution in [2.75, 3.05) is 0 Å². The van der Waals surface area contributed by atoms with E-state index in [0.717, 1.165) is 0 Å². The molecule has 0 atom stereocenters. The maximum atomic E-state index is 9.76. The van der Waals surface area contributed by atoms with Gasteiger partial charge in [-0.15, -0.1) is 0 Å². The van der Waals surface area contributed by atoms with Crippen LogP contribution in [0.3, 0.4) is 0 Å². The minimum atomic E-state index is -0.742. The molecule has 0 fully saturated rings. The Hall–Kier alpha value is -6.18. The van der Waals surface area contributed by atoms with Crippen LogP contribution in [-0.2, 0) is 0 Å². The number of rotatable bonds is 3. The predicted molar refractivity (Wildman–Crippen MR) is 200 cm³/mol.